The molecule has 0 aliphatic rings. The summed E-state index contributed by atoms with van der Waals surface area (Å²) in [6, 6.07) is 8.93. The van der Waals surface area contributed by atoms with Gasteiger partial charge < -0.3 is 11.1 Å². The Labute approximate surface area is 132 Å². The molecule has 0 fully saturated rings. The maximum atomic E-state index is 13.9. The first-order chi connectivity index (χ1) is 9.51. The number of hydrogen-bond donors (Lipinski definition) is 2. The summed E-state index contributed by atoms with van der Waals surface area (Å²) in [5.41, 5.74) is 6.83. The molecular formula is C14H12Br2F2N2. The molecule has 0 saturated heterocycles. The number of hydrogen-bond acceptors (Lipinski definition) is 2. The summed E-state index contributed by atoms with van der Waals surface area (Å²) in [6.07, 6.45) is 0. The van der Waals surface area contributed by atoms with Gasteiger partial charge >= 0.3 is 0 Å². The first-order valence-corrected chi connectivity index (χ1v) is 7.46. The van der Waals surface area contributed by atoms with Crippen LogP contribution in [0.2, 0.25) is 0 Å². The Morgan fingerprint density at radius 2 is 1.80 bits per heavy atom. The normalized spacial score (nSPS) is 12.2. The minimum absolute atomic E-state index is 0.216. The van der Waals surface area contributed by atoms with Crippen molar-refractivity contribution in [3.63, 3.8) is 0 Å². The fourth-order valence-corrected chi connectivity index (χ4v) is 2.55. The summed E-state index contributed by atoms with van der Waals surface area (Å²) in [5.74, 6) is -0.696. The molecule has 0 aliphatic heterocycles. The molecule has 106 valence electrons. The molecule has 0 bridgehead atoms. The van der Waals surface area contributed by atoms with E-state index in [1.807, 2.05) is 0 Å². The molecule has 3 N–H and O–H groups in total. The van der Waals surface area contributed by atoms with Crippen LogP contribution in [0.25, 0.3) is 0 Å². The fourth-order valence-electron chi connectivity index (χ4n) is 1.83. The minimum Gasteiger partial charge on any atom is -0.377 e. The zero-order valence-corrected chi connectivity index (χ0v) is 13.5. The number of halogens is 4. The molecule has 20 heavy (non-hydrogen) atoms. The van der Waals surface area contributed by atoms with Gasteiger partial charge in [-0.2, -0.15) is 0 Å². The van der Waals surface area contributed by atoms with Crippen LogP contribution < -0.4 is 11.1 Å². The second-order valence-electron chi connectivity index (χ2n) is 4.23. The third kappa shape index (κ3) is 3.56. The van der Waals surface area contributed by atoms with E-state index in [1.54, 1.807) is 24.3 Å². The monoisotopic (exact) mass is 404 g/mol. The summed E-state index contributed by atoms with van der Waals surface area (Å²) in [4.78, 5) is 0. The molecule has 2 rings (SSSR count). The fraction of sp³-hybridized carbons (Fsp3) is 0.143. The van der Waals surface area contributed by atoms with Gasteiger partial charge in [-0.05, 0) is 46.3 Å². The van der Waals surface area contributed by atoms with Crippen LogP contribution in [0.3, 0.4) is 0 Å². The molecule has 1 unspecified atom stereocenters. The highest BCUT2D eigenvalue weighted by Crippen LogP contribution is 2.26. The van der Waals surface area contributed by atoms with Gasteiger partial charge in [0.05, 0.1) is 10.5 Å². The van der Waals surface area contributed by atoms with Crippen LogP contribution in [0.5, 0.6) is 0 Å². The maximum Gasteiger partial charge on any atom is 0.137 e. The maximum absolute atomic E-state index is 13.9. The van der Waals surface area contributed by atoms with Crippen LogP contribution >= 0.6 is 31.9 Å². The Balaban J connectivity index is 2.26. The molecule has 6 heteroatoms. The van der Waals surface area contributed by atoms with E-state index < -0.39 is 0 Å². The number of rotatable bonds is 4. The number of benzene rings is 2. The Bertz CT molecular complexity index is 620. The Morgan fingerprint density at radius 1 is 1.05 bits per heavy atom. The Hall–Kier alpha value is -0.980. The summed E-state index contributed by atoms with van der Waals surface area (Å²) in [5, 5.41) is 3.10. The lowest BCUT2D eigenvalue weighted by molar-refractivity contribution is 0.592. The molecule has 0 aromatic heterocycles. The first-order valence-electron chi connectivity index (χ1n) is 5.88. The second kappa shape index (κ2) is 6.65. The van der Waals surface area contributed by atoms with Gasteiger partial charge in [-0.1, -0.05) is 22.0 Å². The van der Waals surface area contributed by atoms with Gasteiger partial charge in [-0.15, -0.1) is 0 Å². The number of nitrogens with one attached hydrogen (secondary N) is 1. The number of anilines is 1. The van der Waals surface area contributed by atoms with E-state index in [0.29, 0.717) is 20.2 Å². The average Bonchev–Trinajstić information content (AvgIpc) is 2.41. The van der Waals surface area contributed by atoms with E-state index in [2.05, 4.69) is 37.2 Å². The van der Waals surface area contributed by atoms with Gasteiger partial charge in [0.2, 0.25) is 0 Å². The standard InChI is InChI=1S/C14H12Br2F2N2/c15-8-1-3-10(13(18)5-8)14(7-19)20-9-2-4-12(17)11(16)6-9/h1-6,14,20H,7,19H2. The molecule has 0 saturated carbocycles. The lowest BCUT2D eigenvalue weighted by Crippen LogP contribution is -2.21. The van der Waals surface area contributed by atoms with E-state index in [9.17, 15) is 8.78 Å². The highest BCUT2D eigenvalue weighted by Gasteiger charge is 2.15. The molecule has 0 spiro atoms. The summed E-state index contributed by atoms with van der Waals surface area (Å²) >= 11 is 6.32. The van der Waals surface area contributed by atoms with Crippen molar-refractivity contribution in [3.8, 4) is 0 Å². The Kier molecular flexibility index (Phi) is 5.12. The largest absolute Gasteiger partial charge is 0.377 e. The third-order valence-electron chi connectivity index (χ3n) is 2.83. The molecule has 0 radical (unpaired) electrons. The minimum atomic E-state index is -0.388. The quantitative estimate of drug-likeness (QED) is 0.779. The molecular weight excluding hydrogens is 394 g/mol. The molecule has 0 amide bonds. The first kappa shape index (κ1) is 15.4. The van der Waals surface area contributed by atoms with E-state index in [1.165, 1.54) is 12.1 Å². The van der Waals surface area contributed by atoms with Crippen molar-refractivity contribution >= 4 is 37.5 Å². The highest BCUT2D eigenvalue weighted by atomic mass is 79.9. The van der Waals surface area contributed by atoms with Gasteiger partial charge in [0.25, 0.3) is 0 Å². The van der Waals surface area contributed by atoms with Crippen LogP contribution in [0, 0.1) is 11.6 Å². The Morgan fingerprint density at radius 3 is 2.40 bits per heavy atom. The van der Waals surface area contributed by atoms with Crippen molar-refractivity contribution in [2.24, 2.45) is 5.73 Å². The zero-order valence-electron chi connectivity index (χ0n) is 10.3. The molecule has 1 atom stereocenters. The van der Waals surface area contributed by atoms with Crippen molar-refractivity contribution in [1.82, 2.24) is 0 Å². The smallest absolute Gasteiger partial charge is 0.137 e. The summed E-state index contributed by atoms with van der Waals surface area (Å²) in [6.45, 7) is 0.216. The molecule has 2 nitrogen and oxygen atoms in total. The van der Waals surface area contributed by atoms with Crippen molar-refractivity contribution < 1.29 is 8.78 Å². The van der Waals surface area contributed by atoms with Crippen molar-refractivity contribution in [2.75, 3.05) is 11.9 Å². The summed E-state index contributed by atoms with van der Waals surface area (Å²) in [7, 11) is 0. The lowest BCUT2D eigenvalue weighted by Gasteiger charge is -2.19. The van der Waals surface area contributed by atoms with Gasteiger partial charge in [0, 0.05) is 22.3 Å². The molecule has 0 heterocycles. The summed E-state index contributed by atoms with van der Waals surface area (Å²) < 4.78 is 28.1. The highest BCUT2D eigenvalue weighted by molar-refractivity contribution is 9.10. The molecule has 2 aromatic rings. The van der Waals surface area contributed by atoms with E-state index >= 15 is 0 Å². The van der Waals surface area contributed by atoms with Gasteiger partial charge in [0.1, 0.15) is 11.6 Å². The van der Waals surface area contributed by atoms with E-state index in [0.717, 1.165) is 0 Å². The average molecular weight is 406 g/mol. The van der Waals surface area contributed by atoms with Crippen molar-refractivity contribution in [3.05, 3.63) is 62.5 Å². The molecule has 2 aromatic carbocycles. The van der Waals surface area contributed by atoms with Gasteiger partial charge in [-0.25, -0.2) is 8.78 Å². The SMILES string of the molecule is NCC(Nc1ccc(F)c(Br)c1)c1ccc(Br)cc1F. The van der Waals surface area contributed by atoms with Crippen molar-refractivity contribution in [1.29, 1.82) is 0 Å². The van der Waals surface area contributed by atoms with Gasteiger partial charge in [-0.3, -0.25) is 0 Å². The van der Waals surface area contributed by atoms with E-state index in [-0.39, 0.29) is 24.2 Å². The predicted octanol–water partition coefficient (Wildman–Crippen LogP) is 4.60. The topological polar surface area (TPSA) is 38.0 Å². The van der Waals surface area contributed by atoms with Crippen LogP contribution in [-0.4, -0.2) is 6.54 Å². The predicted molar refractivity (Wildman–Crippen MR) is 83.6 cm³/mol. The van der Waals surface area contributed by atoms with E-state index in [4.69, 9.17) is 5.73 Å². The number of nitrogens with two attached hydrogens (primary N) is 1. The third-order valence-corrected chi connectivity index (χ3v) is 3.94. The van der Waals surface area contributed by atoms with Gasteiger partial charge in [0.15, 0.2) is 0 Å². The molecule has 0 aliphatic carbocycles. The zero-order chi connectivity index (χ0) is 14.7. The van der Waals surface area contributed by atoms with Crippen molar-refractivity contribution in [2.45, 2.75) is 6.04 Å². The van der Waals surface area contributed by atoms with Crippen LogP contribution in [0.4, 0.5) is 14.5 Å². The van der Waals surface area contributed by atoms with Crippen LogP contribution in [-0.2, 0) is 0 Å². The van der Waals surface area contributed by atoms with Crippen LogP contribution in [0.1, 0.15) is 11.6 Å². The lowest BCUT2D eigenvalue weighted by atomic mass is 10.1. The van der Waals surface area contributed by atoms with Crippen LogP contribution in [0.15, 0.2) is 45.3 Å². The second-order valence-corrected chi connectivity index (χ2v) is 6.00.